The molecule has 0 bridgehead atoms. The van der Waals surface area contributed by atoms with Gasteiger partial charge in [0.05, 0.1) is 8.31 Å². The summed E-state index contributed by atoms with van der Waals surface area (Å²) in [6.07, 6.45) is 2.65. The Hall–Kier alpha value is -0.386. The normalized spacial score (nSPS) is 23.9. The maximum absolute atomic E-state index is 5.67. The van der Waals surface area contributed by atoms with E-state index < -0.39 is 0 Å². The molecule has 0 radical (unpaired) electrons. The van der Waals surface area contributed by atoms with Crippen molar-refractivity contribution in [1.29, 1.82) is 0 Å². The van der Waals surface area contributed by atoms with Crippen molar-refractivity contribution in [3.05, 3.63) is 35.9 Å². The van der Waals surface area contributed by atoms with Crippen LogP contribution in [0.3, 0.4) is 0 Å². The maximum atomic E-state index is 5.67. The van der Waals surface area contributed by atoms with Crippen LogP contribution in [-0.2, 0) is 10.8 Å². The fraction of sp³-hybridized carbons (Fsp3) is 0.455. The fourth-order valence-corrected chi connectivity index (χ4v) is 8.84. The SMILES string of the molecule is c1ccc(CC[SiH]2CCCO[SiH2]2)cc1. The first kappa shape index (κ1) is 10.1. The van der Waals surface area contributed by atoms with Gasteiger partial charge in [0.2, 0.25) is 0 Å². The largest absolute Gasteiger partial charge is 0.428 e. The number of benzene rings is 1. The smallest absolute Gasteiger partial charge is 0.147 e. The molecule has 1 unspecified atom stereocenters. The van der Waals surface area contributed by atoms with E-state index in [1.807, 2.05) is 0 Å². The van der Waals surface area contributed by atoms with Gasteiger partial charge >= 0.3 is 0 Å². The number of aryl methyl sites for hydroxylation is 1. The van der Waals surface area contributed by atoms with Crippen molar-refractivity contribution in [2.45, 2.75) is 24.9 Å². The summed E-state index contributed by atoms with van der Waals surface area (Å²) in [4.78, 5) is 0. The van der Waals surface area contributed by atoms with Crippen LogP contribution in [0.2, 0.25) is 12.1 Å². The quantitative estimate of drug-likeness (QED) is 0.704. The minimum atomic E-state index is -0.379. The van der Waals surface area contributed by atoms with Gasteiger partial charge in [-0.2, -0.15) is 0 Å². The molecule has 1 aliphatic rings. The van der Waals surface area contributed by atoms with E-state index >= 15 is 0 Å². The molecule has 1 aromatic rings. The Balaban J connectivity index is 1.76. The second-order valence-corrected chi connectivity index (χ2v) is 12.2. The lowest BCUT2D eigenvalue weighted by molar-refractivity contribution is 0.335. The fourth-order valence-electron chi connectivity index (χ4n) is 2.05. The van der Waals surface area contributed by atoms with Gasteiger partial charge in [-0.1, -0.05) is 42.4 Å². The number of rotatable bonds is 3. The van der Waals surface area contributed by atoms with Crippen molar-refractivity contribution in [2.75, 3.05) is 6.61 Å². The number of hydrogen-bond donors (Lipinski definition) is 0. The van der Waals surface area contributed by atoms with Gasteiger partial charge in [-0.25, -0.2) is 0 Å². The van der Waals surface area contributed by atoms with Gasteiger partial charge in [0.15, 0.2) is 0 Å². The third kappa shape index (κ3) is 3.08. The molecule has 76 valence electrons. The summed E-state index contributed by atoms with van der Waals surface area (Å²) in [6.45, 7) is 1.07. The summed E-state index contributed by atoms with van der Waals surface area (Å²) in [5.41, 5.74) is 1.51. The van der Waals surface area contributed by atoms with E-state index in [0.717, 1.165) is 6.61 Å². The first-order valence-electron chi connectivity index (χ1n) is 5.57. The van der Waals surface area contributed by atoms with E-state index in [1.54, 1.807) is 6.04 Å². The molecule has 3 heteroatoms. The van der Waals surface area contributed by atoms with Gasteiger partial charge in [0.1, 0.15) is 9.28 Å². The monoisotopic (exact) mass is 222 g/mol. The predicted octanol–water partition coefficient (Wildman–Crippen LogP) is 1.46. The van der Waals surface area contributed by atoms with Crippen LogP contribution in [0.15, 0.2) is 30.3 Å². The zero-order valence-electron chi connectivity index (χ0n) is 8.61. The van der Waals surface area contributed by atoms with Crippen LogP contribution in [0.4, 0.5) is 0 Å². The zero-order valence-corrected chi connectivity index (χ0v) is 11.2. The second kappa shape index (κ2) is 5.48. The minimum absolute atomic E-state index is 0.0545. The Labute approximate surface area is 89.8 Å². The van der Waals surface area contributed by atoms with Crippen LogP contribution in [0.1, 0.15) is 12.0 Å². The molecule has 1 nitrogen and oxygen atoms in total. The van der Waals surface area contributed by atoms with Gasteiger partial charge in [0, 0.05) is 6.61 Å². The van der Waals surface area contributed by atoms with E-state index in [2.05, 4.69) is 30.3 Å². The van der Waals surface area contributed by atoms with Crippen LogP contribution in [0, 0.1) is 0 Å². The molecule has 0 N–H and O–H groups in total. The third-order valence-electron chi connectivity index (χ3n) is 2.94. The summed E-state index contributed by atoms with van der Waals surface area (Å²) >= 11 is 0. The molecule has 0 saturated carbocycles. The predicted molar refractivity (Wildman–Crippen MR) is 66.0 cm³/mol. The second-order valence-electron chi connectivity index (χ2n) is 4.11. The molecule has 14 heavy (non-hydrogen) atoms. The molecular formula is C11H18OSi2. The summed E-state index contributed by atoms with van der Waals surface area (Å²) < 4.78 is 5.67. The lowest BCUT2D eigenvalue weighted by Crippen LogP contribution is -2.30. The average molecular weight is 222 g/mol. The van der Waals surface area contributed by atoms with Gasteiger partial charge < -0.3 is 4.43 Å². The van der Waals surface area contributed by atoms with E-state index in [-0.39, 0.29) is 17.6 Å². The Morgan fingerprint density at radius 2 is 2.14 bits per heavy atom. The molecule has 1 saturated heterocycles. The highest BCUT2D eigenvalue weighted by Crippen LogP contribution is 2.12. The van der Waals surface area contributed by atoms with Crippen molar-refractivity contribution in [1.82, 2.24) is 0 Å². The molecule has 1 aromatic carbocycles. The first-order chi connectivity index (χ1) is 6.95. The first-order valence-corrected chi connectivity index (χ1v) is 11.0. The van der Waals surface area contributed by atoms with E-state index in [1.165, 1.54) is 24.4 Å². The maximum Gasteiger partial charge on any atom is 0.147 e. The van der Waals surface area contributed by atoms with Crippen molar-refractivity contribution in [3.63, 3.8) is 0 Å². The highest BCUT2D eigenvalue weighted by molar-refractivity contribution is 7.10. The van der Waals surface area contributed by atoms with Crippen LogP contribution < -0.4 is 0 Å². The van der Waals surface area contributed by atoms with Crippen molar-refractivity contribution < 1.29 is 4.43 Å². The van der Waals surface area contributed by atoms with Crippen molar-refractivity contribution >= 4 is 17.6 Å². The molecule has 0 aliphatic carbocycles. The van der Waals surface area contributed by atoms with Gasteiger partial charge in [0.25, 0.3) is 0 Å². The van der Waals surface area contributed by atoms with E-state index in [0.29, 0.717) is 0 Å². The summed E-state index contributed by atoms with van der Waals surface area (Å²) in [6, 6.07) is 13.9. The highest BCUT2D eigenvalue weighted by Gasteiger charge is 2.15. The van der Waals surface area contributed by atoms with Gasteiger partial charge in [-0.3, -0.25) is 0 Å². The summed E-state index contributed by atoms with van der Waals surface area (Å²) in [7, 11) is -0.434. The van der Waals surface area contributed by atoms with Crippen LogP contribution in [-0.4, -0.2) is 24.2 Å². The Morgan fingerprint density at radius 1 is 1.29 bits per heavy atom. The molecule has 0 amide bonds. The highest BCUT2D eigenvalue weighted by atomic mass is 29.2. The average Bonchev–Trinajstić information content (AvgIpc) is 2.29. The van der Waals surface area contributed by atoms with E-state index in [4.69, 9.17) is 4.43 Å². The van der Waals surface area contributed by atoms with Gasteiger partial charge in [-0.05, 0) is 18.4 Å². The number of hydrogen-bond acceptors (Lipinski definition) is 1. The Kier molecular flexibility index (Phi) is 3.97. The minimum Gasteiger partial charge on any atom is -0.428 e. The molecule has 1 aliphatic heterocycles. The van der Waals surface area contributed by atoms with Crippen molar-refractivity contribution in [2.24, 2.45) is 0 Å². The van der Waals surface area contributed by atoms with Gasteiger partial charge in [-0.15, -0.1) is 0 Å². The Bertz CT molecular complexity index is 257. The van der Waals surface area contributed by atoms with Crippen LogP contribution in [0.25, 0.3) is 0 Å². The van der Waals surface area contributed by atoms with Crippen molar-refractivity contribution in [3.8, 4) is 0 Å². The lowest BCUT2D eigenvalue weighted by Gasteiger charge is -2.19. The zero-order chi connectivity index (χ0) is 9.64. The molecule has 2 rings (SSSR count). The van der Waals surface area contributed by atoms with Crippen LogP contribution >= 0.6 is 0 Å². The Morgan fingerprint density at radius 3 is 2.86 bits per heavy atom. The topological polar surface area (TPSA) is 9.23 Å². The van der Waals surface area contributed by atoms with E-state index in [9.17, 15) is 0 Å². The molecule has 1 atom stereocenters. The molecule has 0 aromatic heterocycles. The molecule has 0 spiro atoms. The van der Waals surface area contributed by atoms with Crippen LogP contribution in [0.5, 0.6) is 0 Å². The molecule has 1 fully saturated rings. The molecular weight excluding hydrogens is 204 g/mol. The standard InChI is InChI=1S/C11H18OSi2/c1-2-5-11(6-3-1)7-10-14-9-4-8-12-13-14/h1-3,5-6,14H,4,7-10,13H2. The summed E-state index contributed by atoms with van der Waals surface area (Å²) in [5, 5.41) is 0. The lowest BCUT2D eigenvalue weighted by atomic mass is 10.2. The third-order valence-corrected chi connectivity index (χ3v) is 10.8. The molecule has 1 heterocycles. The summed E-state index contributed by atoms with van der Waals surface area (Å²) in [5.74, 6) is 0.